The van der Waals surface area contributed by atoms with Crippen LogP contribution in [0.5, 0.6) is 0 Å². The van der Waals surface area contributed by atoms with Crippen molar-refractivity contribution in [2.75, 3.05) is 0 Å². The molecule has 0 heterocycles. The quantitative estimate of drug-likeness (QED) is 0.495. The number of rotatable bonds is 2. The van der Waals surface area contributed by atoms with Crippen LogP contribution in [0.25, 0.3) is 0 Å². The van der Waals surface area contributed by atoms with Gasteiger partial charge in [-0.25, -0.2) is 0 Å². The molecule has 10 heavy (non-hydrogen) atoms. The fourth-order valence-corrected chi connectivity index (χ4v) is 5.17. The van der Waals surface area contributed by atoms with Gasteiger partial charge in [-0.3, -0.25) is 0 Å². The van der Waals surface area contributed by atoms with Crippen LogP contribution in [0.15, 0.2) is 0 Å². The highest BCUT2D eigenvalue weighted by atomic mass is 32.1. The molecule has 0 bridgehead atoms. The summed E-state index contributed by atoms with van der Waals surface area (Å²) in [5, 5.41) is 0.678. The summed E-state index contributed by atoms with van der Waals surface area (Å²) >= 11 is 4.46. The van der Waals surface area contributed by atoms with E-state index in [1.165, 1.54) is 19.3 Å². The minimum Gasteiger partial charge on any atom is -0.465 e. The van der Waals surface area contributed by atoms with Crippen LogP contribution in [0, 0.1) is 0 Å². The van der Waals surface area contributed by atoms with Crippen LogP contribution in [0.4, 0.5) is 0 Å². The molecule has 0 aromatic rings. The zero-order valence-corrected chi connectivity index (χ0v) is 10.8. The van der Waals surface area contributed by atoms with Crippen LogP contribution in [0.2, 0.25) is 12.1 Å². The summed E-state index contributed by atoms with van der Waals surface area (Å²) in [5.74, 6) is 0. The Kier molecular flexibility index (Phi) is 3.49. The Morgan fingerprint density at radius 3 is 2.70 bits per heavy atom. The van der Waals surface area contributed by atoms with Crippen LogP contribution in [0.3, 0.4) is 0 Å². The van der Waals surface area contributed by atoms with Crippen molar-refractivity contribution in [3.05, 3.63) is 0 Å². The van der Waals surface area contributed by atoms with Crippen LogP contribution < -0.4 is 0 Å². The second-order valence-corrected chi connectivity index (χ2v) is 8.14. The maximum absolute atomic E-state index is 5.53. The van der Waals surface area contributed by atoms with Gasteiger partial charge in [0.25, 0.3) is 0 Å². The van der Waals surface area contributed by atoms with E-state index in [1.54, 1.807) is 0 Å². The molecule has 1 nitrogen and oxygen atoms in total. The largest absolute Gasteiger partial charge is 0.465 e. The molecule has 0 aromatic heterocycles. The van der Waals surface area contributed by atoms with E-state index in [9.17, 15) is 0 Å². The Hall–Kier alpha value is 0.744. The third-order valence-electron chi connectivity index (χ3n) is 2.48. The number of thiol groups is 1. The van der Waals surface area contributed by atoms with E-state index < -0.39 is 9.04 Å². The Morgan fingerprint density at radius 2 is 2.30 bits per heavy atom. The normalized spacial score (nSPS) is 36.6. The first-order chi connectivity index (χ1) is 4.74. The van der Waals surface area contributed by atoms with Crippen molar-refractivity contribution in [3.63, 3.8) is 0 Å². The zero-order chi connectivity index (χ0) is 7.56. The van der Waals surface area contributed by atoms with Gasteiger partial charge in [0.1, 0.15) is 10.5 Å². The van der Waals surface area contributed by atoms with Gasteiger partial charge in [-0.05, 0) is 31.4 Å². The molecule has 4 heteroatoms. The van der Waals surface area contributed by atoms with Crippen molar-refractivity contribution in [3.8, 4) is 0 Å². The fourth-order valence-electron chi connectivity index (χ4n) is 1.61. The van der Waals surface area contributed by atoms with Crippen molar-refractivity contribution >= 4 is 32.2 Å². The number of hydrogen-bond donors (Lipinski definition) is 1. The van der Waals surface area contributed by atoms with Gasteiger partial charge in [0.2, 0.25) is 0 Å². The Bertz CT molecular complexity index is 112. The molecule has 0 amide bonds. The van der Waals surface area contributed by atoms with Crippen molar-refractivity contribution in [1.82, 2.24) is 0 Å². The second kappa shape index (κ2) is 3.94. The monoisotopic (exact) mass is 192 g/mol. The smallest absolute Gasteiger partial charge is 0.162 e. The first kappa shape index (κ1) is 8.84. The maximum Gasteiger partial charge on any atom is 0.162 e. The molecule has 1 rings (SSSR count). The fraction of sp³-hybridized carbons (Fsp3) is 1.00. The van der Waals surface area contributed by atoms with Crippen molar-refractivity contribution in [1.29, 1.82) is 0 Å². The van der Waals surface area contributed by atoms with E-state index in [0.29, 0.717) is 5.25 Å². The van der Waals surface area contributed by atoms with Gasteiger partial charge in [-0.15, -0.1) is 0 Å². The van der Waals surface area contributed by atoms with Crippen LogP contribution >= 0.6 is 12.6 Å². The molecular weight excluding hydrogens is 176 g/mol. The molecule has 0 radical (unpaired) electrons. The zero-order valence-electron chi connectivity index (χ0n) is 6.71. The highest BCUT2D eigenvalue weighted by Gasteiger charge is 2.27. The molecule has 3 unspecified atom stereocenters. The Balaban J connectivity index is 2.29. The van der Waals surface area contributed by atoms with E-state index >= 15 is 0 Å². The molecule has 0 aliphatic heterocycles. The molecule has 1 aliphatic rings. The first-order valence-electron chi connectivity index (χ1n) is 3.95. The van der Waals surface area contributed by atoms with Crippen molar-refractivity contribution in [2.24, 2.45) is 0 Å². The minimum atomic E-state index is -0.759. The molecule has 1 saturated carbocycles. The van der Waals surface area contributed by atoms with Crippen LogP contribution in [0.1, 0.15) is 19.3 Å². The summed E-state index contributed by atoms with van der Waals surface area (Å²) in [6.45, 7) is 2.32. The van der Waals surface area contributed by atoms with Gasteiger partial charge in [0.05, 0.1) is 0 Å². The molecule has 1 fully saturated rings. The van der Waals surface area contributed by atoms with Gasteiger partial charge >= 0.3 is 0 Å². The van der Waals surface area contributed by atoms with Crippen LogP contribution in [-0.2, 0) is 4.12 Å². The van der Waals surface area contributed by atoms with Gasteiger partial charge in [-0.1, -0.05) is 0 Å². The van der Waals surface area contributed by atoms with Gasteiger partial charge in [0.15, 0.2) is 9.04 Å². The Morgan fingerprint density at radius 1 is 1.60 bits per heavy atom. The standard InChI is InChI=1S/C6H16OSSi2/c1-10(7-9)6-3-2-5(8)4-6/h5-6,8,10H,2-4H2,1,9H3. The third kappa shape index (κ3) is 2.12. The second-order valence-electron chi connectivity index (χ2n) is 3.17. The lowest BCUT2D eigenvalue weighted by Gasteiger charge is -2.15. The average molecular weight is 192 g/mol. The lowest BCUT2D eigenvalue weighted by atomic mass is 10.4. The summed E-state index contributed by atoms with van der Waals surface area (Å²) in [6, 6.07) is 0. The lowest BCUT2D eigenvalue weighted by molar-refractivity contribution is 0.601. The summed E-state index contributed by atoms with van der Waals surface area (Å²) in [7, 11) is 0.178. The first-order valence-corrected chi connectivity index (χ1v) is 7.57. The van der Waals surface area contributed by atoms with Crippen molar-refractivity contribution < 1.29 is 4.12 Å². The van der Waals surface area contributed by atoms with Gasteiger partial charge in [0, 0.05) is 5.25 Å². The predicted molar refractivity (Wildman–Crippen MR) is 54.4 cm³/mol. The average Bonchev–Trinajstić information content (AvgIpc) is 2.34. The van der Waals surface area contributed by atoms with E-state index in [-0.39, 0.29) is 0 Å². The SMILES string of the molecule is C[SiH](O[SiH3])C1CCC(S)C1. The molecule has 60 valence electrons. The number of hydrogen-bond acceptors (Lipinski definition) is 2. The molecule has 1 aliphatic carbocycles. The van der Waals surface area contributed by atoms with E-state index in [2.05, 4.69) is 19.2 Å². The minimum absolute atomic E-state index is 0.678. The molecule has 0 spiro atoms. The highest BCUT2D eigenvalue weighted by Crippen LogP contribution is 2.35. The summed E-state index contributed by atoms with van der Waals surface area (Å²) in [5.41, 5.74) is 0.931. The van der Waals surface area contributed by atoms with Gasteiger partial charge < -0.3 is 4.12 Å². The molecule has 0 saturated heterocycles. The topological polar surface area (TPSA) is 9.23 Å². The van der Waals surface area contributed by atoms with Gasteiger partial charge in [-0.2, -0.15) is 12.6 Å². The molecular formula is C6H16OSSi2. The molecule has 0 aromatic carbocycles. The van der Waals surface area contributed by atoms with Crippen molar-refractivity contribution in [2.45, 2.75) is 36.6 Å². The molecule has 0 N–H and O–H groups in total. The Labute approximate surface area is 73.2 Å². The molecule has 3 atom stereocenters. The summed E-state index contributed by atoms with van der Waals surface area (Å²) in [6.07, 6.45) is 4.01. The summed E-state index contributed by atoms with van der Waals surface area (Å²) in [4.78, 5) is 0. The highest BCUT2D eigenvalue weighted by molar-refractivity contribution is 7.81. The van der Waals surface area contributed by atoms with E-state index in [1.807, 2.05) is 0 Å². The predicted octanol–water partition coefficient (Wildman–Crippen LogP) is 0.489. The van der Waals surface area contributed by atoms with E-state index in [0.717, 1.165) is 16.0 Å². The third-order valence-corrected chi connectivity index (χ3v) is 7.86. The maximum atomic E-state index is 5.53. The lowest BCUT2D eigenvalue weighted by Crippen LogP contribution is -2.17. The van der Waals surface area contributed by atoms with E-state index in [4.69, 9.17) is 4.12 Å². The summed E-state index contributed by atoms with van der Waals surface area (Å²) < 4.78 is 5.53. The van der Waals surface area contributed by atoms with Crippen LogP contribution in [-0.4, -0.2) is 24.8 Å².